The lowest BCUT2D eigenvalue weighted by Crippen LogP contribution is -2.12. The molecule has 1 N–H and O–H groups in total. The van der Waals surface area contributed by atoms with E-state index < -0.39 is 7.37 Å². The van der Waals surface area contributed by atoms with Gasteiger partial charge in [0.15, 0.2) is 0 Å². The van der Waals surface area contributed by atoms with Gasteiger partial charge in [0, 0.05) is 11.5 Å². The molecular formula is C19H31O4P. The van der Waals surface area contributed by atoms with Crippen LogP contribution in [0.5, 0.6) is 0 Å². The molecule has 1 unspecified atom stereocenters. The normalized spacial score (nSPS) is 13.4. The topological polar surface area (TPSA) is 63.6 Å². The predicted octanol–water partition coefficient (Wildman–Crippen LogP) is 4.66. The van der Waals surface area contributed by atoms with Crippen LogP contribution in [0.1, 0.15) is 64.7 Å². The van der Waals surface area contributed by atoms with Gasteiger partial charge in [-0.15, -0.1) is 0 Å². The minimum absolute atomic E-state index is 0.0142. The van der Waals surface area contributed by atoms with Gasteiger partial charge in [0.05, 0.1) is 13.0 Å². The van der Waals surface area contributed by atoms with Crippen LogP contribution in [-0.2, 0) is 14.1 Å². The zero-order chi connectivity index (χ0) is 17.7. The average Bonchev–Trinajstić information content (AvgIpc) is 2.59. The Balaban J connectivity index is 2.07. The lowest BCUT2D eigenvalue weighted by Gasteiger charge is -2.11. The number of carbonyl (C=O) groups is 1. The number of ether oxygens (including phenoxy) is 1. The van der Waals surface area contributed by atoms with Crippen molar-refractivity contribution in [1.82, 2.24) is 0 Å². The van der Waals surface area contributed by atoms with E-state index >= 15 is 0 Å². The Morgan fingerprint density at radius 3 is 2.21 bits per heavy atom. The van der Waals surface area contributed by atoms with Gasteiger partial charge < -0.3 is 9.63 Å². The fourth-order valence-corrected chi connectivity index (χ4v) is 3.91. The first kappa shape index (κ1) is 20.9. The van der Waals surface area contributed by atoms with Crippen molar-refractivity contribution >= 4 is 18.6 Å². The molecular weight excluding hydrogens is 323 g/mol. The Morgan fingerprint density at radius 1 is 1.00 bits per heavy atom. The van der Waals surface area contributed by atoms with Gasteiger partial charge >= 0.3 is 5.97 Å². The highest BCUT2D eigenvalue weighted by Crippen LogP contribution is 2.39. The standard InChI is InChI=1S/C19H31O4P/c1-2-3-4-5-6-7-8-12-16-23-19(20)15-17-24(21,22)18-13-10-9-11-14-18/h9-11,13-14H,2-8,12,15-17H2,1H3,(H,21,22). The highest BCUT2D eigenvalue weighted by atomic mass is 31.2. The maximum Gasteiger partial charge on any atom is 0.306 e. The van der Waals surface area contributed by atoms with E-state index in [2.05, 4.69) is 6.92 Å². The summed E-state index contributed by atoms with van der Waals surface area (Å²) in [6.07, 6.45) is 9.48. The van der Waals surface area contributed by atoms with E-state index in [1.165, 1.54) is 38.5 Å². The second-order valence-electron chi connectivity index (χ2n) is 6.21. The zero-order valence-corrected chi connectivity index (χ0v) is 15.7. The van der Waals surface area contributed by atoms with Crippen LogP contribution >= 0.6 is 7.37 Å². The maximum atomic E-state index is 12.2. The van der Waals surface area contributed by atoms with Crippen LogP contribution in [0.4, 0.5) is 0 Å². The molecule has 0 spiro atoms. The van der Waals surface area contributed by atoms with Crippen molar-refractivity contribution in [2.75, 3.05) is 12.8 Å². The fourth-order valence-electron chi connectivity index (χ4n) is 2.53. The first-order valence-electron chi connectivity index (χ1n) is 9.09. The van der Waals surface area contributed by atoms with E-state index in [4.69, 9.17) is 4.74 Å². The first-order valence-corrected chi connectivity index (χ1v) is 10.9. The molecule has 1 atom stereocenters. The van der Waals surface area contributed by atoms with Crippen LogP contribution < -0.4 is 5.30 Å². The Hall–Kier alpha value is -1.12. The summed E-state index contributed by atoms with van der Waals surface area (Å²) < 4.78 is 17.3. The summed E-state index contributed by atoms with van der Waals surface area (Å²) in [5.74, 6) is -0.386. The molecule has 4 nitrogen and oxygen atoms in total. The summed E-state index contributed by atoms with van der Waals surface area (Å²) in [6.45, 7) is 2.62. The monoisotopic (exact) mass is 354 g/mol. The van der Waals surface area contributed by atoms with Crippen molar-refractivity contribution in [1.29, 1.82) is 0 Å². The average molecular weight is 354 g/mol. The molecule has 0 bridgehead atoms. The van der Waals surface area contributed by atoms with E-state index in [9.17, 15) is 14.3 Å². The SMILES string of the molecule is CCCCCCCCCCOC(=O)CCP(=O)(O)c1ccccc1. The van der Waals surface area contributed by atoms with Crippen LogP contribution in [0, 0.1) is 0 Å². The van der Waals surface area contributed by atoms with E-state index in [0.29, 0.717) is 11.9 Å². The summed E-state index contributed by atoms with van der Waals surface area (Å²) in [4.78, 5) is 21.7. The van der Waals surface area contributed by atoms with Gasteiger partial charge in [-0.1, -0.05) is 70.1 Å². The van der Waals surface area contributed by atoms with Crippen molar-refractivity contribution in [3.05, 3.63) is 30.3 Å². The molecule has 0 aliphatic rings. The van der Waals surface area contributed by atoms with E-state index in [1.807, 2.05) is 0 Å². The number of rotatable bonds is 13. The number of hydrogen-bond acceptors (Lipinski definition) is 3. The minimum Gasteiger partial charge on any atom is -0.466 e. The molecule has 0 fully saturated rings. The van der Waals surface area contributed by atoms with Gasteiger partial charge in [0.2, 0.25) is 7.37 Å². The third-order valence-corrected chi connectivity index (χ3v) is 5.97. The van der Waals surface area contributed by atoms with Gasteiger partial charge in [-0.3, -0.25) is 9.36 Å². The second kappa shape index (κ2) is 12.3. The van der Waals surface area contributed by atoms with E-state index in [0.717, 1.165) is 12.8 Å². The molecule has 24 heavy (non-hydrogen) atoms. The van der Waals surface area contributed by atoms with Crippen LogP contribution in [0.2, 0.25) is 0 Å². The smallest absolute Gasteiger partial charge is 0.306 e. The molecule has 0 radical (unpaired) electrons. The molecule has 5 heteroatoms. The van der Waals surface area contributed by atoms with Crippen molar-refractivity contribution in [2.24, 2.45) is 0 Å². The molecule has 1 rings (SSSR count). The number of esters is 1. The zero-order valence-electron chi connectivity index (χ0n) is 14.8. The number of benzene rings is 1. The molecule has 0 saturated heterocycles. The summed E-state index contributed by atoms with van der Waals surface area (Å²) >= 11 is 0. The van der Waals surface area contributed by atoms with Crippen LogP contribution in [0.15, 0.2) is 30.3 Å². The highest BCUT2D eigenvalue weighted by molar-refractivity contribution is 7.66. The molecule has 1 aromatic rings. The number of carbonyl (C=O) groups excluding carboxylic acids is 1. The molecule has 0 amide bonds. The number of hydrogen-bond donors (Lipinski definition) is 1. The second-order valence-corrected chi connectivity index (χ2v) is 8.57. The lowest BCUT2D eigenvalue weighted by molar-refractivity contribution is -0.143. The molecule has 0 aliphatic heterocycles. The van der Waals surface area contributed by atoms with Gasteiger partial charge in [-0.2, -0.15) is 0 Å². The minimum atomic E-state index is -3.46. The van der Waals surface area contributed by atoms with Crippen LogP contribution in [-0.4, -0.2) is 23.6 Å². The van der Waals surface area contributed by atoms with Crippen molar-refractivity contribution in [2.45, 2.75) is 64.7 Å². The molecule has 136 valence electrons. The quantitative estimate of drug-likeness (QED) is 0.318. The van der Waals surface area contributed by atoms with Gasteiger partial charge in [-0.05, 0) is 18.6 Å². The third-order valence-electron chi connectivity index (χ3n) is 4.04. The lowest BCUT2D eigenvalue weighted by atomic mass is 10.1. The molecule has 0 heterocycles. The Kier molecular flexibility index (Phi) is 10.7. The van der Waals surface area contributed by atoms with Gasteiger partial charge in [0.1, 0.15) is 0 Å². The number of unbranched alkanes of at least 4 members (excludes halogenated alkanes) is 7. The fraction of sp³-hybridized carbons (Fsp3) is 0.632. The largest absolute Gasteiger partial charge is 0.466 e. The highest BCUT2D eigenvalue weighted by Gasteiger charge is 2.22. The predicted molar refractivity (Wildman–Crippen MR) is 99.0 cm³/mol. The van der Waals surface area contributed by atoms with Gasteiger partial charge in [0.25, 0.3) is 0 Å². The van der Waals surface area contributed by atoms with Gasteiger partial charge in [-0.25, -0.2) is 0 Å². The van der Waals surface area contributed by atoms with E-state index in [1.54, 1.807) is 30.3 Å². The first-order chi connectivity index (χ1) is 11.6. The van der Waals surface area contributed by atoms with Crippen LogP contribution in [0.3, 0.4) is 0 Å². The summed E-state index contributed by atoms with van der Waals surface area (Å²) in [6, 6.07) is 8.47. The van der Waals surface area contributed by atoms with Crippen molar-refractivity contribution < 1.29 is 19.0 Å². The Morgan fingerprint density at radius 2 is 1.58 bits per heavy atom. The third kappa shape index (κ3) is 9.24. The van der Waals surface area contributed by atoms with Crippen molar-refractivity contribution in [3.63, 3.8) is 0 Å². The molecule has 0 aliphatic carbocycles. The summed E-state index contributed by atoms with van der Waals surface area (Å²) in [7, 11) is -3.46. The maximum absolute atomic E-state index is 12.2. The Labute approximate surface area is 146 Å². The van der Waals surface area contributed by atoms with Crippen LogP contribution in [0.25, 0.3) is 0 Å². The van der Waals surface area contributed by atoms with E-state index in [-0.39, 0.29) is 18.6 Å². The summed E-state index contributed by atoms with van der Waals surface area (Å²) in [5.41, 5.74) is 0. The summed E-state index contributed by atoms with van der Waals surface area (Å²) in [5, 5.41) is 0.390. The molecule has 1 aromatic carbocycles. The molecule has 0 aromatic heterocycles. The Bertz CT molecular complexity index is 501. The molecule has 0 saturated carbocycles. The van der Waals surface area contributed by atoms with Crippen molar-refractivity contribution in [3.8, 4) is 0 Å².